The predicted molar refractivity (Wildman–Crippen MR) is 78.1 cm³/mol. The number of aromatic nitrogens is 2. The number of nitro benzene ring substituents is 1. The quantitative estimate of drug-likeness (QED) is 0.649. The summed E-state index contributed by atoms with van der Waals surface area (Å²) in [6.07, 6.45) is 1.95. The van der Waals surface area contributed by atoms with E-state index in [0.29, 0.717) is 18.8 Å². The lowest BCUT2D eigenvalue weighted by Gasteiger charge is -2.09. The van der Waals surface area contributed by atoms with Crippen molar-refractivity contribution in [2.75, 3.05) is 7.11 Å². The van der Waals surface area contributed by atoms with Crippen LogP contribution in [0.25, 0.3) is 0 Å². The topological polar surface area (TPSA) is 82.2 Å². The molecular weight excluding hydrogens is 272 g/mol. The Balaban J connectivity index is 2.06. The Kier molecular flexibility index (Phi) is 4.54. The molecule has 0 bridgehead atoms. The van der Waals surface area contributed by atoms with E-state index in [1.165, 1.54) is 12.1 Å². The van der Waals surface area contributed by atoms with Crippen LogP contribution in [0, 0.1) is 17.0 Å². The molecule has 0 unspecified atom stereocenters. The first-order chi connectivity index (χ1) is 10.0. The number of aryl methyl sites for hydroxylation is 2. The van der Waals surface area contributed by atoms with Gasteiger partial charge in [-0.2, -0.15) is 5.10 Å². The number of hydrogen-bond donors (Lipinski definition) is 1. The third kappa shape index (κ3) is 3.57. The smallest absolute Gasteiger partial charge is 0.270 e. The van der Waals surface area contributed by atoms with Crippen molar-refractivity contribution in [3.05, 3.63) is 51.3 Å². The largest absolute Gasteiger partial charge is 0.496 e. The highest BCUT2D eigenvalue weighted by molar-refractivity contribution is 5.43. The number of methoxy groups -OCH3 is 1. The summed E-state index contributed by atoms with van der Waals surface area (Å²) in [4.78, 5) is 10.4. The Morgan fingerprint density at radius 1 is 1.38 bits per heavy atom. The highest BCUT2D eigenvalue weighted by Gasteiger charge is 2.11. The monoisotopic (exact) mass is 290 g/mol. The summed E-state index contributed by atoms with van der Waals surface area (Å²) in [7, 11) is 3.43. The van der Waals surface area contributed by atoms with Crippen molar-refractivity contribution < 1.29 is 9.66 Å². The summed E-state index contributed by atoms with van der Waals surface area (Å²) in [5, 5.41) is 18.4. The van der Waals surface area contributed by atoms with Gasteiger partial charge in [0.15, 0.2) is 0 Å². The Hall–Kier alpha value is -2.41. The molecule has 7 nitrogen and oxygen atoms in total. The van der Waals surface area contributed by atoms with Gasteiger partial charge < -0.3 is 10.1 Å². The molecule has 1 heterocycles. The average molecular weight is 290 g/mol. The fourth-order valence-electron chi connectivity index (χ4n) is 2.17. The molecule has 0 radical (unpaired) electrons. The molecule has 0 saturated carbocycles. The van der Waals surface area contributed by atoms with E-state index < -0.39 is 4.92 Å². The van der Waals surface area contributed by atoms with Gasteiger partial charge in [0.25, 0.3) is 5.69 Å². The molecule has 21 heavy (non-hydrogen) atoms. The van der Waals surface area contributed by atoms with Crippen molar-refractivity contribution in [3.63, 3.8) is 0 Å². The van der Waals surface area contributed by atoms with Gasteiger partial charge in [0.2, 0.25) is 0 Å². The van der Waals surface area contributed by atoms with Gasteiger partial charge in [0.1, 0.15) is 5.75 Å². The van der Waals surface area contributed by atoms with Gasteiger partial charge in [-0.25, -0.2) is 0 Å². The van der Waals surface area contributed by atoms with Crippen LogP contribution in [0.4, 0.5) is 5.69 Å². The zero-order valence-electron chi connectivity index (χ0n) is 12.3. The molecule has 1 aromatic carbocycles. The lowest BCUT2D eigenvalue weighted by Crippen LogP contribution is -2.14. The molecular formula is C14H18N4O3. The standard InChI is InChI=1S/C14H18N4O3/c1-10-12(9-17(2)16-10)8-15-7-11-6-13(18(19)20)4-5-14(11)21-3/h4-6,9,15H,7-8H2,1-3H3. The number of rotatable bonds is 6. The van der Waals surface area contributed by atoms with E-state index in [9.17, 15) is 10.1 Å². The Bertz CT molecular complexity index is 652. The minimum absolute atomic E-state index is 0.0603. The maximum atomic E-state index is 10.8. The van der Waals surface area contributed by atoms with Crippen molar-refractivity contribution >= 4 is 5.69 Å². The number of nitrogens with one attached hydrogen (secondary N) is 1. The molecule has 0 aliphatic heterocycles. The van der Waals surface area contributed by atoms with Crippen molar-refractivity contribution in [1.29, 1.82) is 0 Å². The molecule has 0 spiro atoms. The summed E-state index contributed by atoms with van der Waals surface area (Å²) in [5.41, 5.74) is 2.89. The minimum Gasteiger partial charge on any atom is -0.496 e. The third-order valence-electron chi connectivity index (χ3n) is 3.22. The summed E-state index contributed by atoms with van der Waals surface area (Å²) in [6.45, 7) is 3.08. The first-order valence-corrected chi connectivity index (χ1v) is 6.52. The van der Waals surface area contributed by atoms with Crippen LogP contribution in [0.5, 0.6) is 5.75 Å². The van der Waals surface area contributed by atoms with Gasteiger partial charge in [-0.1, -0.05) is 0 Å². The average Bonchev–Trinajstić information content (AvgIpc) is 2.77. The van der Waals surface area contributed by atoms with E-state index in [4.69, 9.17) is 4.74 Å². The molecule has 2 aromatic rings. The molecule has 0 fully saturated rings. The van der Waals surface area contributed by atoms with E-state index in [2.05, 4.69) is 10.4 Å². The van der Waals surface area contributed by atoms with Crippen molar-refractivity contribution in [2.45, 2.75) is 20.0 Å². The van der Waals surface area contributed by atoms with Gasteiger partial charge >= 0.3 is 0 Å². The Morgan fingerprint density at radius 2 is 2.10 bits per heavy atom. The SMILES string of the molecule is COc1ccc([N+](=O)[O-])cc1CNCc1cn(C)nc1C. The van der Waals surface area contributed by atoms with E-state index in [1.807, 2.05) is 20.2 Å². The molecule has 0 aliphatic carbocycles. The van der Waals surface area contributed by atoms with Crippen molar-refractivity contribution in [3.8, 4) is 5.75 Å². The highest BCUT2D eigenvalue weighted by atomic mass is 16.6. The Morgan fingerprint density at radius 3 is 2.67 bits per heavy atom. The van der Waals surface area contributed by atoms with Crippen LogP contribution in [-0.4, -0.2) is 21.8 Å². The Labute approximate surface area is 122 Å². The maximum absolute atomic E-state index is 10.8. The highest BCUT2D eigenvalue weighted by Crippen LogP contribution is 2.23. The number of non-ortho nitro benzene ring substituents is 1. The minimum atomic E-state index is -0.409. The van der Waals surface area contributed by atoms with E-state index in [0.717, 1.165) is 16.8 Å². The summed E-state index contributed by atoms with van der Waals surface area (Å²) in [6, 6.07) is 4.58. The van der Waals surface area contributed by atoms with Crippen LogP contribution in [-0.2, 0) is 20.1 Å². The molecule has 0 aliphatic rings. The van der Waals surface area contributed by atoms with Gasteiger partial charge in [-0.05, 0) is 13.0 Å². The summed E-state index contributed by atoms with van der Waals surface area (Å²) >= 11 is 0. The van der Waals surface area contributed by atoms with Crippen LogP contribution in [0.2, 0.25) is 0 Å². The lowest BCUT2D eigenvalue weighted by atomic mass is 10.1. The third-order valence-corrected chi connectivity index (χ3v) is 3.22. The van der Waals surface area contributed by atoms with Crippen molar-refractivity contribution in [2.24, 2.45) is 7.05 Å². The summed E-state index contributed by atoms with van der Waals surface area (Å²) < 4.78 is 7.00. The predicted octanol–water partition coefficient (Wildman–Crippen LogP) is 1.94. The van der Waals surface area contributed by atoms with Crippen LogP contribution in [0.1, 0.15) is 16.8 Å². The summed E-state index contributed by atoms with van der Waals surface area (Å²) in [5.74, 6) is 0.635. The van der Waals surface area contributed by atoms with Crippen LogP contribution in [0.3, 0.4) is 0 Å². The van der Waals surface area contributed by atoms with Gasteiger partial charge in [-0.3, -0.25) is 14.8 Å². The van der Waals surface area contributed by atoms with Crippen LogP contribution >= 0.6 is 0 Å². The number of nitro groups is 1. The molecule has 0 atom stereocenters. The zero-order valence-corrected chi connectivity index (χ0v) is 12.3. The van der Waals surface area contributed by atoms with E-state index >= 15 is 0 Å². The first-order valence-electron chi connectivity index (χ1n) is 6.52. The second kappa shape index (κ2) is 6.36. The number of hydrogen-bond acceptors (Lipinski definition) is 5. The molecule has 1 aromatic heterocycles. The maximum Gasteiger partial charge on any atom is 0.270 e. The second-order valence-electron chi connectivity index (χ2n) is 4.77. The van der Waals surface area contributed by atoms with Gasteiger partial charge in [-0.15, -0.1) is 0 Å². The fraction of sp³-hybridized carbons (Fsp3) is 0.357. The molecule has 112 valence electrons. The van der Waals surface area contributed by atoms with Gasteiger partial charge in [0, 0.05) is 49.6 Å². The van der Waals surface area contributed by atoms with Crippen LogP contribution < -0.4 is 10.1 Å². The molecule has 2 rings (SSSR count). The molecule has 0 amide bonds. The zero-order chi connectivity index (χ0) is 15.4. The van der Waals surface area contributed by atoms with E-state index in [-0.39, 0.29) is 5.69 Å². The molecule has 0 saturated heterocycles. The van der Waals surface area contributed by atoms with Crippen molar-refractivity contribution in [1.82, 2.24) is 15.1 Å². The fourth-order valence-corrected chi connectivity index (χ4v) is 2.17. The van der Waals surface area contributed by atoms with Crippen LogP contribution in [0.15, 0.2) is 24.4 Å². The lowest BCUT2D eigenvalue weighted by molar-refractivity contribution is -0.384. The number of nitrogens with zero attached hydrogens (tertiary/aromatic N) is 3. The molecule has 1 N–H and O–H groups in total. The normalized spacial score (nSPS) is 10.6. The van der Waals surface area contributed by atoms with Gasteiger partial charge in [0.05, 0.1) is 17.7 Å². The molecule has 7 heteroatoms. The second-order valence-corrected chi connectivity index (χ2v) is 4.77. The number of ether oxygens (including phenoxy) is 1. The number of benzene rings is 1. The van der Waals surface area contributed by atoms with E-state index in [1.54, 1.807) is 17.9 Å². The first kappa shape index (κ1) is 15.0.